The molecular weight excluding hydrogens is 202 g/mol. The normalized spacial score (nSPS) is 13.1. The van der Waals surface area contributed by atoms with Crippen molar-refractivity contribution in [3.05, 3.63) is 10.6 Å². The van der Waals surface area contributed by atoms with Crippen molar-refractivity contribution in [3.8, 4) is 0 Å². The van der Waals surface area contributed by atoms with Gasteiger partial charge < -0.3 is 9.84 Å². The molecule has 1 heterocycles. The van der Waals surface area contributed by atoms with Crippen LogP contribution >= 0.6 is 12.2 Å². The van der Waals surface area contributed by atoms with Crippen LogP contribution in [0.2, 0.25) is 0 Å². The molecule has 1 atom stereocenters. The smallest absolute Gasteiger partial charge is 0.195 e. The number of nitrogens with one attached hydrogen (secondary N) is 1. The van der Waals surface area contributed by atoms with Crippen molar-refractivity contribution in [1.82, 2.24) is 14.8 Å². The van der Waals surface area contributed by atoms with Gasteiger partial charge >= 0.3 is 0 Å². The number of aromatic nitrogens is 3. The number of ether oxygens (including phenoxy) is 1. The van der Waals surface area contributed by atoms with E-state index in [9.17, 15) is 0 Å². The van der Waals surface area contributed by atoms with E-state index in [0.717, 1.165) is 0 Å². The second kappa shape index (κ2) is 5.23. The van der Waals surface area contributed by atoms with Crippen LogP contribution in [0.25, 0.3) is 0 Å². The highest BCUT2D eigenvalue weighted by molar-refractivity contribution is 7.71. The van der Waals surface area contributed by atoms with Crippen LogP contribution in [-0.2, 0) is 17.9 Å². The lowest BCUT2D eigenvalue weighted by molar-refractivity contribution is 0.0622. The molecule has 0 bridgehead atoms. The Bertz CT molecular complexity index is 334. The predicted octanol–water partition coefficient (Wildman–Crippen LogP) is 0.858. The van der Waals surface area contributed by atoms with E-state index in [0.29, 0.717) is 23.7 Å². The molecule has 1 aromatic heterocycles. The molecule has 0 spiro atoms. The predicted molar refractivity (Wildman–Crippen MR) is 54.4 cm³/mol. The van der Waals surface area contributed by atoms with Gasteiger partial charge in [0.15, 0.2) is 10.6 Å². The zero-order valence-corrected chi connectivity index (χ0v) is 9.17. The Kier molecular flexibility index (Phi) is 4.24. The summed E-state index contributed by atoms with van der Waals surface area (Å²) in [6.07, 6.45) is 0.0644. The third-order valence-corrected chi connectivity index (χ3v) is 2.18. The van der Waals surface area contributed by atoms with E-state index in [1.807, 2.05) is 13.8 Å². The largest absolute Gasteiger partial charge is 0.388 e. The average Bonchev–Trinajstić information content (AvgIpc) is 2.48. The van der Waals surface area contributed by atoms with E-state index >= 15 is 0 Å². The quantitative estimate of drug-likeness (QED) is 0.718. The van der Waals surface area contributed by atoms with Crippen molar-refractivity contribution >= 4 is 12.2 Å². The molecule has 0 saturated carbocycles. The van der Waals surface area contributed by atoms with Crippen molar-refractivity contribution in [2.45, 2.75) is 33.1 Å². The first-order chi connectivity index (χ1) is 6.69. The van der Waals surface area contributed by atoms with Gasteiger partial charge in [0.1, 0.15) is 6.61 Å². The maximum Gasteiger partial charge on any atom is 0.195 e. The Morgan fingerprint density at radius 1 is 1.71 bits per heavy atom. The zero-order chi connectivity index (χ0) is 10.6. The zero-order valence-electron chi connectivity index (χ0n) is 8.36. The molecule has 0 amide bonds. The maximum atomic E-state index is 8.98. The standard InChI is InChI=1S/C8H15N3O2S/c1-3-13-6(2)4-11-7(5-12)9-10-8(11)14/h6,12H,3-5H2,1-2H3,(H,10,14). The lowest BCUT2D eigenvalue weighted by atomic mass is 10.4. The highest BCUT2D eigenvalue weighted by atomic mass is 32.1. The van der Waals surface area contributed by atoms with Crippen LogP contribution in [0.1, 0.15) is 19.7 Å². The number of nitrogens with zero attached hydrogens (tertiary/aromatic N) is 2. The lowest BCUT2D eigenvalue weighted by Crippen LogP contribution is -2.18. The van der Waals surface area contributed by atoms with Crippen molar-refractivity contribution in [2.75, 3.05) is 6.61 Å². The van der Waals surface area contributed by atoms with E-state index in [1.165, 1.54) is 0 Å². The van der Waals surface area contributed by atoms with Crippen LogP contribution in [0.5, 0.6) is 0 Å². The van der Waals surface area contributed by atoms with Crippen molar-refractivity contribution in [2.24, 2.45) is 0 Å². The number of rotatable bonds is 5. The number of hydrogen-bond acceptors (Lipinski definition) is 4. The van der Waals surface area contributed by atoms with Gasteiger partial charge in [-0.2, -0.15) is 5.10 Å². The number of aliphatic hydroxyl groups excluding tert-OH is 1. The van der Waals surface area contributed by atoms with E-state index in [2.05, 4.69) is 10.2 Å². The first-order valence-corrected chi connectivity index (χ1v) is 4.96. The highest BCUT2D eigenvalue weighted by Gasteiger charge is 2.08. The van der Waals surface area contributed by atoms with Crippen molar-refractivity contribution < 1.29 is 9.84 Å². The molecule has 1 aromatic rings. The fourth-order valence-electron chi connectivity index (χ4n) is 1.25. The molecule has 0 aromatic carbocycles. The van der Waals surface area contributed by atoms with Crippen molar-refractivity contribution in [3.63, 3.8) is 0 Å². The van der Waals surface area contributed by atoms with Gasteiger partial charge in [0.25, 0.3) is 0 Å². The Hall–Kier alpha value is -0.720. The van der Waals surface area contributed by atoms with Crippen LogP contribution in [-0.4, -0.2) is 32.6 Å². The van der Waals surface area contributed by atoms with Crippen LogP contribution in [0.15, 0.2) is 0 Å². The van der Waals surface area contributed by atoms with E-state index < -0.39 is 0 Å². The average molecular weight is 217 g/mol. The van der Waals surface area contributed by atoms with Crippen LogP contribution in [0, 0.1) is 4.77 Å². The first kappa shape index (κ1) is 11.4. The highest BCUT2D eigenvalue weighted by Crippen LogP contribution is 2.02. The maximum absolute atomic E-state index is 8.98. The monoisotopic (exact) mass is 217 g/mol. The summed E-state index contributed by atoms with van der Waals surface area (Å²) in [6.45, 7) is 5.06. The molecule has 0 radical (unpaired) electrons. The molecule has 0 aliphatic carbocycles. The summed E-state index contributed by atoms with van der Waals surface area (Å²) in [6, 6.07) is 0. The molecule has 5 nitrogen and oxygen atoms in total. The van der Waals surface area contributed by atoms with Gasteiger partial charge in [0.2, 0.25) is 0 Å². The fraction of sp³-hybridized carbons (Fsp3) is 0.750. The molecule has 14 heavy (non-hydrogen) atoms. The molecular formula is C8H15N3O2S. The van der Waals surface area contributed by atoms with Crippen LogP contribution in [0.4, 0.5) is 0 Å². The second-order valence-electron chi connectivity index (χ2n) is 2.98. The first-order valence-electron chi connectivity index (χ1n) is 4.55. The molecule has 1 unspecified atom stereocenters. The lowest BCUT2D eigenvalue weighted by Gasteiger charge is -2.12. The number of aromatic amines is 1. The number of aliphatic hydroxyl groups is 1. The molecule has 0 fully saturated rings. The summed E-state index contributed by atoms with van der Waals surface area (Å²) in [5.74, 6) is 0.543. The Morgan fingerprint density at radius 3 is 3.00 bits per heavy atom. The van der Waals surface area contributed by atoms with Crippen molar-refractivity contribution in [1.29, 1.82) is 0 Å². The van der Waals surface area contributed by atoms with Gasteiger partial charge in [-0.25, -0.2) is 0 Å². The minimum Gasteiger partial charge on any atom is -0.388 e. The molecule has 1 rings (SSSR count). The van der Waals surface area contributed by atoms with E-state index in [1.54, 1.807) is 4.57 Å². The van der Waals surface area contributed by atoms with E-state index in [4.69, 9.17) is 22.1 Å². The van der Waals surface area contributed by atoms with Gasteiger partial charge in [-0.1, -0.05) is 0 Å². The third kappa shape index (κ3) is 2.63. The second-order valence-corrected chi connectivity index (χ2v) is 3.37. The van der Waals surface area contributed by atoms with Crippen LogP contribution in [0.3, 0.4) is 0 Å². The molecule has 0 saturated heterocycles. The molecule has 6 heteroatoms. The summed E-state index contributed by atoms with van der Waals surface area (Å²) in [5.41, 5.74) is 0. The Morgan fingerprint density at radius 2 is 2.43 bits per heavy atom. The number of hydrogen-bond donors (Lipinski definition) is 2. The van der Waals surface area contributed by atoms with E-state index in [-0.39, 0.29) is 12.7 Å². The number of H-pyrrole nitrogens is 1. The molecule has 2 N–H and O–H groups in total. The van der Waals surface area contributed by atoms with Gasteiger partial charge in [-0.15, -0.1) is 0 Å². The minimum absolute atomic E-state index is 0.0644. The SMILES string of the molecule is CCOC(C)Cn1c(CO)n[nH]c1=S. The molecule has 80 valence electrons. The summed E-state index contributed by atoms with van der Waals surface area (Å²) >= 11 is 5.02. The Labute approximate surface area is 87.7 Å². The summed E-state index contributed by atoms with van der Waals surface area (Å²) < 4.78 is 7.64. The third-order valence-electron chi connectivity index (χ3n) is 1.87. The van der Waals surface area contributed by atoms with Gasteiger partial charge in [-0.3, -0.25) is 9.67 Å². The molecule has 0 aliphatic rings. The topological polar surface area (TPSA) is 63.1 Å². The summed E-state index contributed by atoms with van der Waals surface area (Å²) in [5, 5.41) is 15.5. The molecule has 0 aliphatic heterocycles. The minimum atomic E-state index is -0.119. The summed E-state index contributed by atoms with van der Waals surface area (Å²) in [4.78, 5) is 0. The van der Waals surface area contributed by atoms with Gasteiger partial charge in [-0.05, 0) is 26.1 Å². The van der Waals surface area contributed by atoms with Gasteiger partial charge in [0, 0.05) is 6.61 Å². The Balaban J connectivity index is 2.74. The van der Waals surface area contributed by atoms with Crippen LogP contribution < -0.4 is 0 Å². The van der Waals surface area contributed by atoms with Gasteiger partial charge in [0.05, 0.1) is 12.6 Å². The summed E-state index contributed by atoms with van der Waals surface area (Å²) in [7, 11) is 0. The fourth-order valence-corrected chi connectivity index (χ4v) is 1.48.